The standard InChI is InChI=1S/C2H5NOS.2H2O3S/c3-2(4)1-5;2*1-4(2)3/h5H,1H2,(H2,3,4);2*(H2,1,2,3). The quantitative estimate of drug-likeness (QED) is 0.252. The van der Waals surface area contributed by atoms with E-state index in [9.17, 15) is 4.79 Å². The maximum absolute atomic E-state index is 9.51. The minimum Gasteiger partial charge on any atom is -0.369 e. The van der Waals surface area contributed by atoms with Crippen LogP contribution in [0, 0.1) is 0 Å². The Morgan fingerprint density at radius 2 is 1.23 bits per heavy atom. The zero-order valence-corrected chi connectivity index (χ0v) is 8.59. The Kier molecular flexibility index (Phi) is 20.8. The maximum atomic E-state index is 9.51. The summed E-state index contributed by atoms with van der Waals surface area (Å²) in [7, 11) is 0. The predicted octanol–water partition coefficient (Wildman–Crippen LogP) is -1.24. The molecule has 1 amide bonds. The van der Waals surface area contributed by atoms with Gasteiger partial charge < -0.3 is 5.73 Å². The van der Waals surface area contributed by atoms with Gasteiger partial charge in [-0.1, -0.05) is 0 Å². The normalized spacial score (nSPS) is 8.23. The van der Waals surface area contributed by atoms with Gasteiger partial charge in [0.15, 0.2) is 0 Å². The van der Waals surface area contributed by atoms with Crippen molar-refractivity contribution in [1.29, 1.82) is 0 Å². The van der Waals surface area contributed by atoms with Crippen molar-refractivity contribution in [2.75, 3.05) is 5.75 Å². The van der Waals surface area contributed by atoms with Gasteiger partial charge in [-0.05, 0) is 0 Å². The average molecular weight is 255 g/mol. The molecule has 0 aliphatic rings. The first kappa shape index (κ1) is 18.7. The number of primary amides is 1. The third-order valence-electron chi connectivity index (χ3n) is 0.156. The molecule has 0 radical (unpaired) electrons. The van der Waals surface area contributed by atoms with Crippen molar-refractivity contribution in [2.45, 2.75) is 0 Å². The van der Waals surface area contributed by atoms with Crippen molar-refractivity contribution in [2.24, 2.45) is 5.73 Å². The average Bonchev–Trinajstić information content (AvgIpc) is 1.84. The van der Waals surface area contributed by atoms with Gasteiger partial charge in [0.1, 0.15) is 0 Å². The third kappa shape index (κ3) is 309. The number of carbonyl (C=O) groups is 1. The first-order valence-electron chi connectivity index (χ1n) is 2.23. The van der Waals surface area contributed by atoms with Crippen molar-refractivity contribution in [3.05, 3.63) is 0 Å². The Balaban J connectivity index is -0.000000117. The van der Waals surface area contributed by atoms with Crippen LogP contribution in [0.1, 0.15) is 0 Å². The van der Waals surface area contributed by atoms with Gasteiger partial charge >= 0.3 is 0 Å². The van der Waals surface area contributed by atoms with Crippen molar-refractivity contribution >= 4 is 41.3 Å². The minimum atomic E-state index is -2.61. The van der Waals surface area contributed by atoms with E-state index in [1.54, 1.807) is 0 Å². The third-order valence-corrected chi connectivity index (χ3v) is 0.468. The van der Waals surface area contributed by atoms with Crippen LogP contribution >= 0.6 is 12.6 Å². The molecule has 0 atom stereocenters. The Morgan fingerprint density at radius 3 is 1.23 bits per heavy atom. The molecule has 0 spiro atoms. The highest BCUT2D eigenvalue weighted by Gasteiger charge is 1.78. The first-order valence-corrected chi connectivity index (χ1v) is 4.99. The summed E-state index contributed by atoms with van der Waals surface area (Å²) in [5.74, 6) is -0.242. The van der Waals surface area contributed by atoms with Crippen LogP contribution in [0.4, 0.5) is 0 Å². The maximum Gasteiger partial charge on any atom is 0.299 e. The molecule has 0 bridgehead atoms. The number of hydrogen-bond donors (Lipinski definition) is 6. The van der Waals surface area contributed by atoms with E-state index in [4.69, 9.17) is 26.6 Å². The lowest BCUT2D eigenvalue weighted by Gasteiger charge is -1.72. The van der Waals surface area contributed by atoms with Crippen molar-refractivity contribution < 1.29 is 31.4 Å². The highest BCUT2D eigenvalue weighted by atomic mass is 32.2. The molecule has 8 nitrogen and oxygen atoms in total. The number of rotatable bonds is 1. The second-order valence-corrected chi connectivity index (χ2v) is 2.32. The molecule has 0 heterocycles. The predicted molar refractivity (Wildman–Crippen MR) is 49.8 cm³/mol. The van der Waals surface area contributed by atoms with E-state index in [-0.39, 0.29) is 11.7 Å². The fourth-order valence-corrected chi connectivity index (χ4v) is 0. The summed E-state index contributed by atoms with van der Waals surface area (Å²) < 4.78 is 45.7. The summed E-state index contributed by atoms with van der Waals surface area (Å²) in [5.41, 5.74) is 4.58. The highest BCUT2D eigenvalue weighted by Crippen LogP contribution is 1.63. The highest BCUT2D eigenvalue weighted by molar-refractivity contribution is 7.81. The van der Waals surface area contributed by atoms with E-state index in [1.165, 1.54) is 0 Å². The molecule has 0 saturated carbocycles. The summed E-state index contributed by atoms with van der Waals surface area (Å²) in [6.07, 6.45) is 0. The molecule has 0 aliphatic heterocycles. The second-order valence-electron chi connectivity index (χ2n) is 1.09. The Bertz CT molecular complexity index is 151. The van der Waals surface area contributed by atoms with Crippen LogP contribution in [0.2, 0.25) is 0 Å². The number of hydrogen-bond acceptors (Lipinski definition) is 4. The van der Waals surface area contributed by atoms with Crippen LogP contribution in [-0.2, 0) is 27.5 Å². The Morgan fingerprint density at radius 1 is 1.15 bits per heavy atom. The van der Waals surface area contributed by atoms with Gasteiger partial charge in [0.05, 0.1) is 5.75 Å². The van der Waals surface area contributed by atoms with Gasteiger partial charge in [0.25, 0.3) is 22.7 Å². The van der Waals surface area contributed by atoms with Gasteiger partial charge in [0.2, 0.25) is 5.91 Å². The Hall–Kier alpha value is -0.0400. The van der Waals surface area contributed by atoms with Crippen molar-refractivity contribution in [3.8, 4) is 0 Å². The molecule has 0 aromatic carbocycles. The van der Waals surface area contributed by atoms with Crippen molar-refractivity contribution in [1.82, 2.24) is 0 Å². The molecular formula is C2H9NO7S3. The van der Waals surface area contributed by atoms with E-state index < -0.39 is 22.7 Å². The van der Waals surface area contributed by atoms with E-state index in [2.05, 4.69) is 18.4 Å². The van der Waals surface area contributed by atoms with Crippen LogP contribution in [0.5, 0.6) is 0 Å². The summed E-state index contributed by atoms with van der Waals surface area (Å²) in [5, 5.41) is 0. The van der Waals surface area contributed by atoms with Gasteiger partial charge in [0, 0.05) is 0 Å². The van der Waals surface area contributed by atoms with Gasteiger partial charge in [-0.25, -0.2) is 0 Å². The van der Waals surface area contributed by atoms with Crippen LogP contribution in [0.15, 0.2) is 0 Å². The van der Waals surface area contributed by atoms with Gasteiger partial charge in [-0.15, -0.1) is 0 Å². The molecule has 82 valence electrons. The summed E-state index contributed by atoms with van der Waals surface area (Å²) in [4.78, 5) is 9.51. The lowest BCUT2D eigenvalue weighted by Crippen LogP contribution is -2.10. The number of amides is 1. The fraction of sp³-hybridized carbons (Fsp3) is 0.500. The Labute approximate surface area is 84.5 Å². The topological polar surface area (TPSA) is 158 Å². The van der Waals surface area contributed by atoms with Crippen LogP contribution < -0.4 is 5.73 Å². The van der Waals surface area contributed by atoms with E-state index in [0.29, 0.717) is 0 Å². The lowest BCUT2D eigenvalue weighted by molar-refractivity contribution is -0.115. The monoisotopic (exact) mass is 255 g/mol. The minimum absolute atomic E-state index is 0.139. The smallest absolute Gasteiger partial charge is 0.299 e. The van der Waals surface area contributed by atoms with Crippen molar-refractivity contribution in [3.63, 3.8) is 0 Å². The van der Waals surface area contributed by atoms with Gasteiger partial charge in [-0.3, -0.25) is 23.0 Å². The van der Waals surface area contributed by atoms with E-state index in [0.717, 1.165) is 0 Å². The fourth-order valence-electron chi connectivity index (χ4n) is 0. The molecule has 0 unspecified atom stereocenters. The van der Waals surface area contributed by atoms with Gasteiger partial charge in [-0.2, -0.15) is 21.0 Å². The van der Waals surface area contributed by atoms with Crippen LogP contribution in [-0.4, -0.2) is 38.3 Å². The van der Waals surface area contributed by atoms with Crippen LogP contribution in [0.25, 0.3) is 0 Å². The molecular weight excluding hydrogens is 246 g/mol. The summed E-state index contributed by atoms with van der Waals surface area (Å²) >= 11 is -1.68. The number of nitrogens with two attached hydrogens (primary N) is 1. The summed E-state index contributed by atoms with van der Waals surface area (Å²) in [6, 6.07) is 0. The molecule has 0 rings (SSSR count). The number of carbonyl (C=O) groups excluding carboxylic acids is 1. The molecule has 0 aromatic rings. The SMILES string of the molecule is NC(=O)CS.O=S(O)O.O=S(O)O. The zero-order chi connectivity index (χ0) is 11.4. The largest absolute Gasteiger partial charge is 0.369 e. The van der Waals surface area contributed by atoms with Crippen LogP contribution in [0.3, 0.4) is 0 Å². The molecule has 0 aromatic heterocycles. The van der Waals surface area contributed by atoms with E-state index >= 15 is 0 Å². The molecule has 13 heavy (non-hydrogen) atoms. The number of thiol groups is 1. The first-order chi connectivity index (χ1) is 5.73. The van der Waals surface area contributed by atoms with E-state index in [1.807, 2.05) is 0 Å². The molecule has 0 saturated heterocycles. The second kappa shape index (κ2) is 14.5. The lowest BCUT2D eigenvalue weighted by atomic mass is 10.8. The molecule has 6 N–H and O–H groups in total. The zero-order valence-electron chi connectivity index (χ0n) is 6.06. The molecule has 0 fully saturated rings. The molecule has 0 aliphatic carbocycles. The summed E-state index contributed by atoms with van der Waals surface area (Å²) in [6.45, 7) is 0. The molecule has 11 heteroatoms.